The van der Waals surface area contributed by atoms with Crippen LogP contribution in [0.5, 0.6) is 0 Å². The van der Waals surface area contributed by atoms with E-state index >= 15 is 0 Å². The first-order chi connectivity index (χ1) is 22.1. The molecule has 0 spiro atoms. The van der Waals surface area contributed by atoms with E-state index < -0.39 is 6.04 Å². The van der Waals surface area contributed by atoms with Gasteiger partial charge in [-0.25, -0.2) is 4.98 Å². The van der Waals surface area contributed by atoms with Crippen LogP contribution >= 0.6 is 0 Å². The summed E-state index contributed by atoms with van der Waals surface area (Å²) >= 11 is 0. The number of nitrogens with one attached hydrogen (secondary N) is 3. The lowest BCUT2D eigenvalue weighted by atomic mass is 9.81. The molecule has 12 nitrogen and oxygen atoms in total. The van der Waals surface area contributed by atoms with Gasteiger partial charge in [0.15, 0.2) is 0 Å². The Hall–Kier alpha value is -4.68. The zero-order chi connectivity index (χ0) is 31.0. The molecule has 12 heteroatoms. The van der Waals surface area contributed by atoms with Crippen LogP contribution in [0.2, 0.25) is 0 Å². The molecule has 2 aromatic carbocycles. The number of pyridine rings is 1. The molecule has 6 rings (SSSR count). The molecule has 1 aliphatic heterocycles. The molecule has 4 aromatic rings. The van der Waals surface area contributed by atoms with Gasteiger partial charge >= 0.3 is 0 Å². The van der Waals surface area contributed by atoms with E-state index in [2.05, 4.69) is 59.3 Å². The summed E-state index contributed by atoms with van der Waals surface area (Å²) in [4.78, 5) is 33.8. The van der Waals surface area contributed by atoms with Crippen molar-refractivity contribution in [3.05, 3.63) is 72.4 Å². The molecule has 1 unspecified atom stereocenters. The third-order valence-electron chi connectivity index (χ3n) is 8.75. The number of tetrazole rings is 1. The van der Waals surface area contributed by atoms with Gasteiger partial charge in [-0.3, -0.25) is 9.59 Å². The molecule has 2 aromatic heterocycles. The Balaban J connectivity index is 1.16. The molecule has 2 amide bonds. The first-order valence-electron chi connectivity index (χ1n) is 15.6. The number of anilines is 2. The number of nitrogens with zero attached hydrogens (tertiary/aromatic N) is 5. The minimum absolute atomic E-state index is 0.0814. The predicted molar refractivity (Wildman–Crippen MR) is 171 cm³/mol. The van der Waals surface area contributed by atoms with Crippen LogP contribution in [0.1, 0.15) is 31.2 Å². The smallest absolute Gasteiger partial charge is 0.247 e. The van der Waals surface area contributed by atoms with Crippen molar-refractivity contribution < 1.29 is 14.3 Å². The fourth-order valence-corrected chi connectivity index (χ4v) is 6.01. The van der Waals surface area contributed by atoms with E-state index in [4.69, 9.17) is 10.5 Å². The molecular formula is C33H39N9O3. The van der Waals surface area contributed by atoms with E-state index in [1.807, 2.05) is 36.5 Å². The fourth-order valence-electron chi connectivity index (χ4n) is 6.01. The second-order valence-corrected chi connectivity index (χ2v) is 11.7. The first kappa shape index (κ1) is 30.4. The van der Waals surface area contributed by atoms with Crippen molar-refractivity contribution in [3.8, 4) is 22.5 Å². The number of aromatic nitrogens is 5. The summed E-state index contributed by atoms with van der Waals surface area (Å²) in [5.74, 6) is 1.39. The minimum Gasteiger partial charge on any atom is -0.378 e. The quantitative estimate of drug-likeness (QED) is 0.211. The van der Waals surface area contributed by atoms with Gasteiger partial charge in [0.05, 0.1) is 13.2 Å². The highest BCUT2D eigenvalue weighted by Crippen LogP contribution is 2.29. The number of carbonyl (C=O) groups excluding carboxylic acids is 2. The molecule has 45 heavy (non-hydrogen) atoms. The van der Waals surface area contributed by atoms with Gasteiger partial charge in [-0.2, -0.15) is 5.21 Å². The van der Waals surface area contributed by atoms with Crippen molar-refractivity contribution >= 4 is 23.3 Å². The minimum atomic E-state index is -0.749. The Bertz CT molecular complexity index is 1550. The van der Waals surface area contributed by atoms with Gasteiger partial charge in [-0.05, 0) is 96.4 Å². The first-order valence-corrected chi connectivity index (χ1v) is 15.6. The molecule has 234 valence electrons. The van der Waals surface area contributed by atoms with Crippen molar-refractivity contribution in [2.24, 2.45) is 17.6 Å². The average molecular weight is 610 g/mol. The van der Waals surface area contributed by atoms with Crippen molar-refractivity contribution in [3.63, 3.8) is 0 Å². The largest absolute Gasteiger partial charge is 0.378 e. The molecule has 0 radical (unpaired) electrons. The Morgan fingerprint density at radius 3 is 2.38 bits per heavy atom. The number of aromatic amines is 1. The number of benzene rings is 2. The van der Waals surface area contributed by atoms with Crippen LogP contribution < -0.4 is 21.3 Å². The van der Waals surface area contributed by atoms with E-state index in [9.17, 15) is 9.59 Å². The Morgan fingerprint density at radius 1 is 0.956 bits per heavy atom. The van der Waals surface area contributed by atoms with E-state index in [0.29, 0.717) is 43.6 Å². The van der Waals surface area contributed by atoms with E-state index in [1.165, 1.54) is 0 Å². The highest BCUT2D eigenvalue weighted by Gasteiger charge is 2.29. The predicted octanol–water partition coefficient (Wildman–Crippen LogP) is 3.20. The number of carbonyl (C=O) groups is 2. The van der Waals surface area contributed by atoms with E-state index in [-0.39, 0.29) is 17.7 Å². The van der Waals surface area contributed by atoms with Gasteiger partial charge in [0, 0.05) is 42.9 Å². The van der Waals surface area contributed by atoms with Crippen molar-refractivity contribution in [1.82, 2.24) is 30.9 Å². The molecule has 2 fully saturated rings. The van der Waals surface area contributed by atoms with E-state index in [0.717, 1.165) is 66.8 Å². The summed E-state index contributed by atoms with van der Waals surface area (Å²) < 4.78 is 5.48. The van der Waals surface area contributed by atoms with Gasteiger partial charge in [-0.15, -0.1) is 10.2 Å². The summed E-state index contributed by atoms with van der Waals surface area (Å²) in [7, 11) is 0. The van der Waals surface area contributed by atoms with Crippen molar-refractivity contribution in [2.75, 3.05) is 43.1 Å². The third-order valence-corrected chi connectivity index (χ3v) is 8.75. The SMILES string of the molecule is NCC1CCC(C(=O)NC(Cc2ccc(-c3ccnc(N4CCOCC4)c3)cc2)C(=O)Nc2ccc(-c3nn[nH]n3)cc2)CC1. The molecule has 0 bridgehead atoms. The van der Waals surface area contributed by atoms with Gasteiger partial charge in [0.2, 0.25) is 17.6 Å². The maximum atomic E-state index is 13.6. The highest BCUT2D eigenvalue weighted by molar-refractivity contribution is 5.97. The number of hydrogen-bond donors (Lipinski definition) is 4. The number of rotatable bonds is 10. The lowest BCUT2D eigenvalue weighted by Crippen LogP contribution is -2.48. The lowest BCUT2D eigenvalue weighted by Gasteiger charge is -2.28. The van der Waals surface area contributed by atoms with Gasteiger partial charge in [0.25, 0.3) is 0 Å². The van der Waals surface area contributed by atoms with Crippen LogP contribution in [0.3, 0.4) is 0 Å². The second-order valence-electron chi connectivity index (χ2n) is 11.7. The van der Waals surface area contributed by atoms with Crippen LogP contribution in [0.4, 0.5) is 11.5 Å². The number of H-pyrrole nitrogens is 1. The van der Waals surface area contributed by atoms with Crippen LogP contribution in [0.25, 0.3) is 22.5 Å². The molecule has 1 atom stereocenters. The summed E-state index contributed by atoms with van der Waals surface area (Å²) in [5, 5.41) is 20.1. The molecule has 3 heterocycles. The Labute approximate surface area is 262 Å². The van der Waals surface area contributed by atoms with Gasteiger partial charge in [0.1, 0.15) is 11.9 Å². The number of ether oxygens (including phenoxy) is 1. The summed E-state index contributed by atoms with van der Waals surface area (Å²) in [6.07, 6.45) is 5.62. The van der Waals surface area contributed by atoms with Crippen molar-refractivity contribution in [2.45, 2.75) is 38.1 Å². The molecule has 1 saturated carbocycles. The van der Waals surface area contributed by atoms with E-state index in [1.54, 1.807) is 12.1 Å². The molecule has 2 aliphatic rings. The molecule has 1 aliphatic carbocycles. The maximum absolute atomic E-state index is 13.6. The van der Waals surface area contributed by atoms with Crippen LogP contribution in [0, 0.1) is 11.8 Å². The standard InChI is InChI=1S/C33H39N9O3/c34-21-23-3-7-26(8-4-23)32(43)37-29(33(44)36-28-11-9-25(10-12-28)31-38-40-41-39-31)19-22-1-5-24(6-2-22)27-13-14-35-30(20-27)42-15-17-45-18-16-42/h1-2,5-6,9-14,20,23,26,29H,3-4,7-8,15-19,21,34H2,(H,36,44)(H,37,43)(H,38,39,40,41). The second kappa shape index (κ2) is 14.4. The Morgan fingerprint density at radius 2 is 1.69 bits per heavy atom. The number of morpholine rings is 1. The average Bonchev–Trinajstić information content (AvgIpc) is 3.64. The lowest BCUT2D eigenvalue weighted by molar-refractivity contribution is -0.130. The third kappa shape index (κ3) is 7.70. The number of nitrogens with two attached hydrogens (primary N) is 1. The summed E-state index contributed by atoms with van der Waals surface area (Å²) in [5.41, 5.74) is 10.3. The summed E-state index contributed by atoms with van der Waals surface area (Å²) in [6, 6.07) is 18.7. The molecule has 1 saturated heterocycles. The Kier molecular flexibility index (Phi) is 9.71. The molecular weight excluding hydrogens is 570 g/mol. The van der Waals surface area contributed by atoms with Gasteiger partial charge < -0.3 is 26.0 Å². The summed E-state index contributed by atoms with van der Waals surface area (Å²) in [6.45, 7) is 3.69. The monoisotopic (exact) mass is 609 g/mol. The maximum Gasteiger partial charge on any atom is 0.247 e. The number of amides is 2. The van der Waals surface area contributed by atoms with Gasteiger partial charge in [-0.1, -0.05) is 24.3 Å². The normalized spacial score (nSPS) is 19.1. The zero-order valence-corrected chi connectivity index (χ0v) is 25.2. The molecule has 5 N–H and O–H groups in total. The zero-order valence-electron chi connectivity index (χ0n) is 25.2. The van der Waals surface area contributed by atoms with Crippen molar-refractivity contribution in [1.29, 1.82) is 0 Å². The highest BCUT2D eigenvalue weighted by atomic mass is 16.5. The van der Waals surface area contributed by atoms with Crippen LogP contribution in [-0.2, 0) is 20.7 Å². The topological polar surface area (TPSA) is 164 Å². The fraction of sp³-hybridized carbons (Fsp3) is 0.394. The van der Waals surface area contributed by atoms with Crippen LogP contribution in [0.15, 0.2) is 66.9 Å². The van der Waals surface area contributed by atoms with Crippen LogP contribution in [-0.4, -0.2) is 76.3 Å². The number of hydrogen-bond acceptors (Lipinski definition) is 9.